The smallest absolute Gasteiger partial charge is 0.258 e. The zero-order chi connectivity index (χ0) is 14.9. The molecule has 1 N–H and O–H groups in total. The average Bonchev–Trinajstić information content (AvgIpc) is 2.73. The average molecular weight is 382 g/mol. The number of rotatable bonds is 4. The molecule has 1 aromatic carbocycles. The molecule has 0 atom stereocenters. The number of hydrogen-bond acceptors (Lipinski definition) is 6. The van der Waals surface area contributed by atoms with Crippen LogP contribution in [0.5, 0.6) is 0 Å². The maximum Gasteiger partial charge on any atom is 0.306 e. The molecule has 1 heterocycles. The molecule has 20 heavy (non-hydrogen) atoms. The van der Waals surface area contributed by atoms with E-state index in [0.717, 1.165) is 23.5 Å². The van der Waals surface area contributed by atoms with E-state index in [1.807, 2.05) is 0 Å². The van der Waals surface area contributed by atoms with Gasteiger partial charge in [0.1, 0.15) is 0 Å². The van der Waals surface area contributed by atoms with Crippen LogP contribution in [0.1, 0.15) is 0 Å². The summed E-state index contributed by atoms with van der Waals surface area (Å²) >= 11 is 4.15. The molecule has 0 aliphatic rings. The van der Waals surface area contributed by atoms with Crippen LogP contribution >= 0.6 is 27.3 Å². The Morgan fingerprint density at radius 2 is 2.15 bits per heavy atom. The lowest BCUT2D eigenvalue weighted by Crippen LogP contribution is -2.13. The maximum atomic E-state index is 13.2. The van der Waals surface area contributed by atoms with Crippen LogP contribution < -0.4 is 4.72 Å². The van der Waals surface area contributed by atoms with Crippen molar-refractivity contribution < 1.29 is 17.7 Å². The van der Waals surface area contributed by atoms with Gasteiger partial charge in [-0.15, -0.1) is 0 Å². The monoisotopic (exact) mass is 381 g/mol. The molecule has 0 spiro atoms. The predicted octanol–water partition coefficient (Wildman–Crippen LogP) is 2.75. The van der Waals surface area contributed by atoms with Crippen molar-refractivity contribution in [2.24, 2.45) is 0 Å². The molecule has 0 unspecified atom stereocenters. The van der Waals surface area contributed by atoms with E-state index in [9.17, 15) is 22.9 Å². The molecular weight excluding hydrogens is 377 g/mol. The zero-order valence-corrected chi connectivity index (χ0v) is 12.6. The Hall–Kier alpha value is -1.59. The molecule has 1 aromatic heterocycles. The molecule has 0 saturated carbocycles. The van der Waals surface area contributed by atoms with Crippen LogP contribution in [0.25, 0.3) is 0 Å². The fourth-order valence-electron chi connectivity index (χ4n) is 1.28. The Balaban J connectivity index is 2.39. The van der Waals surface area contributed by atoms with Gasteiger partial charge in [0, 0.05) is 6.07 Å². The van der Waals surface area contributed by atoms with Crippen molar-refractivity contribution >= 4 is 48.1 Å². The van der Waals surface area contributed by atoms with Gasteiger partial charge in [-0.25, -0.2) is 13.4 Å². The molecule has 0 aliphatic carbocycles. The molecule has 106 valence electrons. The van der Waals surface area contributed by atoms with Gasteiger partial charge in [-0.05, 0) is 28.1 Å². The minimum Gasteiger partial charge on any atom is -0.258 e. The number of sulfonamides is 1. The van der Waals surface area contributed by atoms with Crippen molar-refractivity contribution in [3.63, 3.8) is 0 Å². The summed E-state index contributed by atoms with van der Waals surface area (Å²) in [6.07, 6.45) is 1.40. The molecular formula is C9H5BrFN3O4S2. The molecule has 11 heteroatoms. The fourth-order valence-corrected chi connectivity index (χ4v) is 3.64. The molecule has 0 amide bonds. The molecule has 0 radical (unpaired) electrons. The summed E-state index contributed by atoms with van der Waals surface area (Å²) in [5, 5.41) is 10.7. The number of halogens is 2. The van der Waals surface area contributed by atoms with Crippen molar-refractivity contribution in [2.75, 3.05) is 4.72 Å². The third-order valence-electron chi connectivity index (χ3n) is 2.12. The number of anilines is 1. The first-order valence-corrected chi connectivity index (χ1v) is 7.97. The van der Waals surface area contributed by atoms with Gasteiger partial charge in [-0.3, -0.25) is 14.8 Å². The van der Waals surface area contributed by atoms with Crippen LogP contribution in [0.3, 0.4) is 0 Å². The highest BCUT2D eigenvalue weighted by atomic mass is 79.9. The minimum atomic E-state index is -4.07. The van der Waals surface area contributed by atoms with E-state index in [1.165, 1.54) is 6.20 Å². The van der Waals surface area contributed by atoms with Crippen LogP contribution in [0.15, 0.2) is 33.1 Å². The number of nitro groups is 1. The maximum absolute atomic E-state index is 13.2. The van der Waals surface area contributed by atoms with E-state index in [1.54, 1.807) is 0 Å². The van der Waals surface area contributed by atoms with E-state index < -0.39 is 31.3 Å². The van der Waals surface area contributed by atoms with Gasteiger partial charge in [-0.1, -0.05) is 11.3 Å². The highest BCUT2D eigenvalue weighted by Crippen LogP contribution is 2.27. The Labute approximate surface area is 124 Å². The molecule has 0 aliphatic heterocycles. The number of nitro benzene ring substituents is 1. The van der Waals surface area contributed by atoms with Crippen LogP contribution in [-0.2, 0) is 10.0 Å². The number of thiazole rings is 1. The first-order chi connectivity index (χ1) is 9.29. The summed E-state index contributed by atoms with van der Waals surface area (Å²) in [6.45, 7) is 0. The van der Waals surface area contributed by atoms with E-state index in [2.05, 4.69) is 25.6 Å². The number of nitrogens with one attached hydrogen (secondary N) is 1. The molecule has 0 bridgehead atoms. The van der Waals surface area contributed by atoms with Crippen molar-refractivity contribution in [2.45, 2.75) is 4.90 Å². The quantitative estimate of drug-likeness (QED) is 0.647. The Bertz CT molecular complexity index is 777. The summed E-state index contributed by atoms with van der Waals surface area (Å²) in [6, 6.07) is 2.32. The first-order valence-electron chi connectivity index (χ1n) is 4.88. The minimum absolute atomic E-state index is 0.0869. The lowest BCUT2D eigenvalue weighted by Gasteiger charge is -2.05. The van der Waals surface area contributed by atoms with E-state index in [4.69, 9.17) is 0 Å². The zero-order valence-electron chi connectivity index (χ0n) is 9.41. The second kappa shape index (κ2) is 5.42. The van der Waals surface area contributed by atoms with Crippen LogP contribution in [0.4, 0.5) is 15.2 Å². The number of nitrogens with zero attached hydrogens (tertiary/aromatic N) is 2. The molecule has 2 rings (SSSR count). The highest BCUT2D eigenvalue weighted by molar-refractivity contribution is 9.11. The third-order valence-corrected chi connectivity index (χ3v) is 4.98. The van der Waals surface area contributed by atoms with Gasteiger partial charge in [0.05, 0.1) is 19.8 Å². The van der Waals surface area contributed by atoms with Crippen LogP contribution in [0.2, 0.25) is 0 Å². The van der Waals surface area contributed by atoms with E-state index >= 15 is 0 Å². The first kappa shape index (κ1) is 14.8. The highest BCUT2D eigenvalue weighted by Gasteiger charge is 2.22. The van der Waals surface area contributed by atoms with Gasteiger partial charge >= 0.3 is 5.69 Å². The van der Waals surface area contributed by atoms with Gasteiger partial charge in [0.2, 0.25) is 5.82 Å². The van der Waals surface area contributed by atoms with Gasteiger partial charge in [0.15, 0.2) is 5.13 Å². The summed E-state index contributed by atoms with van der Waals surface area (Å²) in [4.78, 5) is 13.0. The number of benzene rings is 1. The van der Waals surface area contributed by atoms with Crippen molar-refractivity contribution in [1.29, 1.82) is 0 Å². The second-order valence-corrected chi connectivity index (χ2v) is 7.54. The SMILES string of the molecule is O=[N+]([O-])c1cc(S(=O)(=O)Nc2ncc(Br)s2)ccc1F. The standard InChI is InChI=1S/C9H5BrFN3O4S2/c10-8-4-12-9(19-8)13-20(17,18)5-1-2-6(11)7(3-5)14(15)16/h1-4H,(H,12,13). The number of hydrogen-bond donors (Lipinski definition) is 1. The third kappa shape index (κ3) is 3.11. The van der Waals surface area contributed by atoms with Gasteiger partial charge in [-0.2, -0.15) is 4.39 Å². The lowest BCUT2D eigenvalue weighted by atomic mass is 10.3. The topological polar surface area (TPSA) is 102 Å². The largest absolute Gasteiger partial charge is 0.306 e. The van der Waals surface area contributed by atoms with Crippen molar-refractivity contribution in [3.8, 4) is 0 Å². The van der Waals surface area contributed by atoms with Crippen molar-refractivity contribution in [3.05, 3.63) is 44.1 Å². The summed E-state index contributed by atoms with van der Waals surface area (Å²) in [5.74, 6) is -1.11. The Morgan fingerprint density at radius 3 is 2.70 bits per heavy atom. The lowest BCUT2D eigenvalue weighted by molar-refractivity contribution is -0.387. The Kier molecular flexibility index (Phi) is 4.01. The normalized spacial score (nSPS) is 11.3. The second-order valence-electron chi connectivity index (χ2n) is 3.45. The number of aromatic nitrogens is 1. The summed E-state index contributed by atoms with van der Waals surface area (Å²) in [7, 11) is -4.07. The summed E-state index contributed by atoms with van der Waals surface area (Å²) < 4.78 is 39.9. The van der Waals surface area contributed by atoms with Gasteiger partial charge in [0.25, 0.3) is 10.0 Å². The molecule has 2 aromatic rings. The summed E-state index contributed by atoms with van der Waals surface area (Å²) in [5.41, 5.74) is -0.909. The van der Waals surface area contributed by atoms with Gasteiger partial charge < -0.3 is 0 Å². The Morgan fingerprint density at radius 1 is 1.45 bits per heavy atom. The molecule has 0 fully saturated rings. The molecule has 7 nitrogen and oxygen atoms in total. The predicted molar refractivity (Wildman–Crippen MR) is 73.7 cm³/mol. The molecule has 0 saturated heterocycles. The fraction of sp³-hybridized carbons (Fsp3) is 0. The van der Waals surface area contributed by atoms with E-state index in [-0.39, 0.29) is 5.13 Å². The van der Waals surface area contributed by atoms with Crippen LogP contribution in [-0.4, -0.2) is 18.3 Å². The van der Waals surface area contributed by atoms with E-state index in [0.29, 0.717) is 9.85 Å². The van der Waals surface area contributed by atoms with Crippen LogP contribution in [0, 0.1) is 15.9 Å². The van der Waals surface area contributed by atoms with Crippen molar-refractivity contribution in [1.82, 2.24) is 4.98 Å².